The molecule has 0 aliphatic rings. The van der Waals surface area contributed by atoms with Crippen LogP contribution < -0.4 is 4.74 Å². The molecule has 0 bridgehead atoms. The molecule has 10 heteroatoms. The summed E-state index contributed by atoms with van der Waals surface area (Å²) in [5, 5.41) is 21.1. The average molecular weight is 543 g/mol. The summed E-state index contributed by atoms with van der Waals surface area (Å²) in [4.78, 5) is 11.2. The Morgan fingerprint density at radius 2 is 1.75 bits per heavy atom. The molecule has 0 spiro atoms. The molecule has 0 fully saturated rings. The van der Waals surface area contributed by atoms with Crippen molar-refractivity contribution < 1.29 is 9.66 Å². The topological polar surface area (TPSA) is 83.1 Å². The van der Waals surface area contributed by atoms with Gasteiger partial charge in [0.15, 0.2) is 5.16 Å². The van der Waals surface area contributed by atoms with E-state index < -0.39 is 5.25 Å². The molecule has 186 valence electrons. The van der Waals surface area contributed by atoms with Crippen LogP contribution in [0, 0.1) is 30.9 Å². The standard InChI is InChI=1S/C26H24Cl2N4O3S/c1-16-4-10-22(12-17(16)2)32-18(3)29-30-26(32)36-25(14-31(33)34)20-7-11-24(23(28)13-20)35-15-19-5-8-21(27)9-6-19/h4-13,25H,14-15H2,1-3H3/t25-/m0/s1. The quantitative estimate of drug-likeness (QED) is 0.126. The zero-order valence-corrected chi connectivity index (χ0v) is 22.3. The fourth-order valence-electron chi connectivity index (χ4n) is 3.63. The van der Waals surface area contributed by atoms with Crippen LogP contribution in [0.15, 0.2) is 65.8 Å². The molecule has 36 heavy (non-hydrogen) atoms. The van der Waals surface area contributed by atoms with E-state index in [1.54, 1.807) is 30.3 Å². The summed E-state index contributed by atoms with van der Waals surface area (Å²) in [6.45, 7) is 5.97. The maximum absolute atomic E-state index is 11.5. The summed E-state index contributed by atoms with van der Waals surface area (Å²) in [6.07, 6.45) is 0. The first kappa shape index (κ1) is 26.0. The van der Waals surface area contributed by atoms with Gasteiger partial charge in [0.05, 0.1) is 5.02 Å². The van der Waals surface area contributed by atoms with E-state index >= 15 is 0 Å². The maximum atomic E-state index is 11.5. The van der Waals surface area contributed by atoms with E-state index in [9.17, 15) is 10.1 Å². The zero-order chi connectivity index (χ0) is 25.8. The van der Waals surface area contributed by atoms with Crippen molar-refractivity contribution in [1.29, 1.82) is 0 Å². The van der Waals surface area contributed by atoms with Gasteiger partial charge in [-0.05, 0) is 79.4 Å². The van der Waals surface area contributed by atoms with E-state index in [4.69, 9.17) is 27.9 Å². The molecule has 0 N–H and O–H groups in total. The van der Waals surface area contributed by atoms with Gasteiger partial charge in [-0.25, -0.2) is 0 Å². The van der Waals surface area contributed by atoms with E-state index in [2.05, 4.69) is 16.3 Å². The molecule has 0 unspecified atom stereocenters. The number of aryl methyl sites for hydroxylation is 3. The monoisotopic (exact) mass is 542 g/mol. The smallest absolute Gasteiger partial charge is 0.220 e. The molecule has 4 aromatic rings. The highest BCUT2D eigenvalue weighted by molar-refractivity contribution is 7.99. The zero-order valence-electron chi connectivity index (χ0n) is 19.9. The van der Waals surface area contributed by atoms with Gasteiger partial charge in [-0.2, -0.15) is 0 Å². The Hall–Kier alpha value is -3.07. The van der Waals surface area contributed by atoms with Gasteiger partial charge >= 0.3 is 0 Å². The van der Waals surface area contributed by atoms with Crippen molar-refractivity contribution in [2.45, 2.75) is 37.8 Å². The molecule has 0 radical (unpaired) electrons. The van der Waals surface area contributed by atoms with Crippen molar-refractivity contribution in [1.82, 2.24) is 14.8 Å². The first-order valence-corrected chi connectivity index (χ1v) is 12.8. The third kappa shape index (κ3) is 6.19. The second kappa shape index (κ2) is 11.3. The van der Waals surface area contributed by atoms with Gasteiger partial charge in [-0.1, -0.05) is 59.2 Å². The number of benzene rings is 3. The van der Waals surface area contributed by atoms with Crippen molar-refractivity contribution >= 4 is 35.0 Å². The van der Waals surface area contributed by atoms with E-state index in [1.807, 2.05) is 49.6 Å². The molecular weight excluding hydrogens is 519 g/mol. The third-order valence-corrected chi connectivity index (χ3v) is 7.47. The fraction of sp³-hybridized carbons (Fsp3) is 0.231. The summed E-state index contributed by atoms with van der Waals surface area (Å²) in [6, 6.07) is 18.7. The van der Waals surface area contributed by atoms with Crippen molar-refractivity contribution in [3.05, 3.63) is 109 Å². The van der Waals surface area contributed by atoms with Crippen LogP contribution in [0.5, 0.6) is 5.75 Å². The molecule has 0 amide bonds. The largest absolute Gasteiger partial charge is 0.487 e. The van der Waals surface area contributed by atoms with E-state index in [0.717, 1.165) is 16.8 Å². The molecule has 0 saturated heterocycles. The van der Waals surface area contributed by atoms with Gasteiger partial charge < -0.3 is 4.74 Å². The summed E-state index contributed by atoms with van der Waals surface area (Å²) >= 11 is 13.7. The summed E-state index contributed by atoms with van der Waals surface area (Å²) in [5.41, 5.74) is 4.87. The van der Waals surface area contributed by atoms with Crippen molar-refractivity contribution in [3.63, 3.8) is 0 Å². The van der Waals surface area contributed by atoms with Crippen LogP contribution in [0.3, 0.4) is 0 Å². The molecule has 3 aromatic carbocycles. The number of nitrogens with zero attached hydrogens (tertiary/aromatic N) is 4. The number of hydrogen-bond donors (Lipinski definition) is 0. The van der Waals surface area contributed by atoms with Crippen LogP contribution in [0.1, 0.15) is 33.3 Å². The van der Waals surface area contributed by atoms with Crippen LogP contribution >= 0.6 is 35.0 Å². The number of hydrogen-bond acceptors (Lipinski definition) is 6. The summed E-state index contributed by atoms with van der Waals surface area (Å²) in [5.74, 6) is 1.19. The van der Waals surface area contributed by atoms with Gasteiger partial charge in [0.25, 0.3) is 0 Å². The number of rotatable bonds is 9. The fourth-order valence-corrected chi connectivity index (χ4v) is 5.16. The Kier molecular flexibility index (Phi) is 8.18. The summed E-state index contributed by atoms with van der Waals surface area (Å²) in [7, 11) is 0. The molecular formula is C26H24Cl2N4O3S. The molecule has 1 atom stereocenters. The average Bonchev–Trinajstić information content (AvgIpc) is 3.20. The van der Waals surface area contributed by atoms with E-state index in [1.165, 1.54) is 17.3 Å². The highest BCUT2D eigenvalue weighted by atomic mass is 35.5. The molecule has 0 saturated carbocycles. The normalized spacial score (nSPS) is 11.9. The molecule has 0 aliphatic heterocycles. The lowest BCUT2D eigenvalue weighted by Crippen LogP contribution is -2.11. The van der Waals surface area contributed by atoms with Gasteiger partial charge in [0.2, 0.25) is 6.54 Å². The molecule has 0 aliphatic carbocycles. The Morgan fingerprint density at radius 1 is 1.00 bits per heavy atom. The van der Waals surface area contributed by atoms with Crippen LogP contribution in [0.25, 0.3) is 5.69 Å². The highest BCUT2D eigenvalue weighted by Gasteiger charge is 2.25. The molecule has 1 heterocycles. The van der Waals surface area contributed by atoms with Crippen molar-refractivity contribution in [2.75, 3.05) is 6.54 Å². The van der Waals surface area contributed by atoms with Crippen LogP contribution in [0.4, 0.5) is 0 Å². The number of nitro groups is 1. The summed E-state index contributed by atoms with van der Waals surface area (Å²) < 4.78 is 7.77. The second-order valence-electron chi connectivity index (χ2n) is 8.36. The second-order valence-corrected chi connectivity index (χ2v) is 10.4. The lowest BCUT2D eigenvalue weighted by molar-refractivity contribution is -0.479. The van der Waals surface area contributed by atoms with Gasteiger partial charge in [0.1, 0.15) is 23.4 Å². The Morgan fingerprint density at radius 3 is 2.42 bits per heavy atom. The minimum absolute atomic E-state index is 0.301. The first-order valence-electron chi connectivity index (χ1n) is 11.2. The number of thioether (sulfide) groups is 1. The molecule has 7 nitrogen and oxygen atoms in total. The van der Waals surface area contributed by atoms with Crippen LogP contribution in [0.2, 0.25) is 10.0 Å². The predicted octanol–water partition coefficient (Wildman–Crippen LogP) is 7.19. The van der Waals surface area contributed by atoms with E-state index in [-0.39, 0.29) is 11.5 Å². The van der Waals surface area contributed by atoms with Gasteiger partial charge in [-0.15, -0.1) is 10.2 Å². The van der Waals surface area contributed by atoms with E-state index in [0.29, 0.717) is 38.9 Å². The van der Waals surface area contributed by atoms with Crippen LogP contribution in [-0.4, -0.2) is 26.2 Å². The lowest BCUT2D eigenvalue weighted by Gasteiger charge is -2.16. The van der Waals surface area contributed by atoms with Gasteiger partial charge in [0, 0.05) is 15.6 Å². The highest BCUT2D eigenvalue weighted by Crippen LogP contribution is 2.39. The molecule has 4 rings (SSSR count). The van der Waals surface area contributed by atoms with Gasteiger partial charge in [-0.3, -0.25) is 14.7 Å². The Labute approximate surface area is 223 Å². The number of aromatic nitrogens is 3. The number of ether oxygens (including phenoxy) is 1. The number of halogens is 2. The first-order chi connectivity index (χ1) is 17.2. The maximum Gasteiger partial charge on any atom is 0.220 e. The third-order valence-electron chi connectivity index (χ3n) is 5.74. The minimum atomic E-state index is -0.531. The van der Waals surface area contributed by atoms with Crippen molar-refractivity contribution in [3.8, 4) is 11.4 Å². The Balaban J connectivity index is 1.58. The van der Waals surface area contributed by atoms with Crippen LogP contribution in [-0.2, 0) is 6.61 Å². The Bertz CT molecular complexity index is 1390. The van der Waals surface area contributed by atoms with Crippen molar-refractivity contribution in [2.24, 2.45) is 0 Å². The lowest BCUT2D eigenvalue weighted by atomic mass is 10.1. The molecule has 1 aromatic heterocycles. The predicted molar refractivity (Wildman–Crippen MR) is 143 cm³/mol. The minimum Gasteiger partial charge on any atom is -0.487 e. The SMILES string of the molecule is Cc1ccc(-n2c(C)nnc2S[C@@H](C[N+](=O)[O-])c2ccc(OCc3ccc(Cl)cc3)c(Cl)c2)cc1C.